The van der Waals surface area contributed by atoms with E-state index in [9.17, 15) is 9.90 Å². The lowest BCUT2D eigenvalue weighted by atomic mass is 10.1. The van der Waals surface area contributed by atoms with Crippen molar-refractivity contribution in [3.05, 3.63) is 51.6 Å². The molecule has 18 heavy (non-hydrogen) atoms. The summed E-state index contributed by atoms with van der Waals surface area (Å²) in [5.74, 6) is -0.377. The number of nitrogens with two attached hydrogens (primary N) is 1. The van der Waals surface area contributed by atoms with Crippen LogP contribution >= 0.6 is 22.6 Å². The van der Waals surface area contributed by atoms with E-state index < -0.39 is 0 Å². The predicted molar refractivity (Wildman–Crippen MR) is 79.6 cm³/mol. The van der Waals surface area contributed by atoms with Gasteiger partial charge in [0.1, 0.15) is 5.75 Å². The van der Waals surface area contributed by atoms with Crippen molar-refractivity contribution in [3.8, 4) is 5.75 Å². The summed E-state index contributed by atoms with van der Waals surface area (Å²) in [6, 6.07) is 11.9. The van der Waals surface area contributed by atoms with Crippen LogP contribution in [0.2, 0.25) is 0 Å². The van der Waals surface area contributed by atoms with Crippen molar-refractivity contribution in [2.45, 2.75) is 0 Å². The monoisotopic (exact) mass is 354 g/mol. The van der Waals surface area contributed by atoms with E-state index in [1.165, 1.54) is 12.1 Å². The molecule has 2 rings (SSSR count). The van der Waals surface area contributed by atoms with E-state index in [0.29, 0.717) is 11.3 Å². The molecule has 4 N–H and O–H groups in total. The van der Waals surface area contributed by atoms with E-state index in [4.69, 9.17) is 5.73 Å². The van der Waals surface area contributed by atoms with Gasteiger partial charge in [0.15, 0.2) is 0 Å². The first-order chi connectivity index (χ1) is 8.56. The maximum Gasteiger partial charge on any atom is 0.255 e. The highest BCUT2D eigenvalue weighted by Gasteiger charge is 2.08. The molecule has 0 spiro atoms. The van der Waals surface area contributed by atoms with Crippen LogP contribution in [0.1, 0.15) is 10.4 Å². The molecule has 2 aromatic rings. The second kappa shape index (κ2) is 5.26. The molecule has 0 aliphatic heterocycles. The fourth-order valence-electron chi connectivity index (χ4n) is 1.45. The van der Waals surface area contributed by atoms with Crippen molar-refractivity contribution in [2.75, 3.05) is 11.1 Å². The lowest BCUT2D eigenvalue weighted by Crippen LogP contribution is -2.11. The van der Waals surface area contributed by atoms with Gasteiger partial charge in [-0.1, -0.05) is 6.07 Å². The lowest BCUT2D eigenvalue weighted by Gasteiger charge is -2.06. The van der Waals surface area contributed by atoms with E-state index in [1.54, 1.807) is 12.1 Å². The van der Waals surface area contributed by atoms with Gasteiger partial charge in [0.2, 0.25) is 0 Å². The fraction of sp³-hybridized carbons (Fsp3) is 0. The highest BCUT2D eigenvalue weighted by molar-refractivity contribution is 14.1. The predicted octanol–water partition coefficient (Wildman–Crippen LogP) is 2.83. The topological polar surface area (TPSA) is 75.4 Å². The highest BCUT2D eigenvalue weighted by atomic mass is 127. The first kappa shape index (κ1) is 12.7. The van der Waals surface area contributed by atoms with Gasteiger partial charge in [-0.3, -0.25) is 4.79 Å². The Morgan fingerprint density at radius 3 is 2.67 bits per heavy atom. The summed E-state index contributed by atoms with van der Waals surface area (Å²) in [7, 11) is 0. The normalized spacial score (nSPS) is 10.1. The Morgan fingerprint density at radius 2 is 2.00 bits per heavy atom. The van der Waals surface area contributed by atoms with Gasteiger partial charge in [0, 0.05) is 14.8 Å². The summed E-state index contributed by atoms with van der Waals surface area (Å²) >= 11 is 2.17. The number of amides is 1. The number of nitrogen functional groups attached to an aromatic ring is 1. The molecule has 0 unspecified atom stereocenters. The minimum atomic E-state index is -0.285. The Hall–Kier alpha value is -1.76. The van der Waals surface area contributed by atoms with Crippen LogP contribution in [0.3, 0.4) is 0 Å². The van der Waals surface area contributed by atoms with Gasteiger partial charge in [-0.25, -0.2) is 0 Å². The highest BCUT2D eigenvalue weighted by Crippen LogP contribution is 2.21. The quantitative estimate of drug-likeness (QED) is 0.441. The molecule has 0 bridgehead atoms. The number of halogens is 1. The number of carbonyl (C=O) groups is 1. The summed E-state index contributed by atoms with van der Waals surface area (Å²) in [4.78, 5) is 11.9. The molecule has 0 aromatic heterocycles. The summed E-state index contributed by atoms with van der Waals surface area (Å²) in [6.07, 6.45) is 0. The Labute approximate surface area is 118 Å². The van der Waals surface area contributed by atoms with Crippen molar-refractivity contribution in [3.63, 3.8) is 0 Å². The Kier molecular flexibility index (Phi) is 3.71. The average Bonchev–Trinajstić information content (AvgIpc) is 2.32. The fourth-order valence-corrected chi connectivity index (χ4v) is 2.00. The summed E-state index contributed by atoms with van der Waals surface area (Å²) < 4.78 is 1.03. The van der Waals surface area contributed by atoms with Crippen molar-refractivity contribution in [1.29, 1.82) is 0 Å². The van der Waals surface area contributed by atoms with Crippen LogP contribution in [-0.4, -0.2) is 11.0 Å². The number of anilines is 2. The van der Waals surface area contributed by atoms with Gasteiger partial charge in [0.05, 0.1) is 5.69 Å². The minimum Gasteiger partial charge on any atom is -0.506 e. The molecule has 0 saturated carbocycles. The van der Waals surface area contributed by atoms with Crippen LogP contribution in [0, 0.1) is 3.57 Å². The van der Waals surface area contributed by atoms with Gasteiger partial charge in [-0.15, -0.1) is 0 Å². The van der Waals surface area contributed by atoms with Crippen LogP contribution < -0.4 is 11.1 Å². The maximum absolute atomic E-state index is 11.9. The standard InChI is InChI=1S/C13H11IN2O2/c14-9-2-1-3-10(7-9)16-13(18)8-4-5-11(15)12(17)6-8/h1-7,17H,15H2,(H,16,18). The zero-order valence-corrected chi connectivity index (χ0v) is 11.5. The van der Waals surface area contributed by atoms with Gasteiger partial charge < -0.3 is 16.2 Å². The smallest absolute Gasteiger partial charge is 0.255 e. The molecule has 0 atom stereocenters. The van der Waals surface area contributed by atoms with Gasteiger partial charge in [0.25, 0.3) is 5.91 Å². The van der Waals surface area contributed by atoms with E-state index in [0.717, 1.165) is 3.57 Å². The second-order valence-corrected chi connectivity index (χ2v) is 4.98. The summed E-state index contributed by atoms with van der Waals surface area (Å²) in [5.41, 5.74) is 6.80. The third-order valence-corrected chi connectivity index (χ3v) is 3.05. The van der Waals surface area contributed by atoms with Gasteiger partial charge in [-0.05, 0) is 59.0 Å². The minimum absolute atomic E-state index is 0.0923. The molecule has 2 aromatic carbocycles. The average molecular weight is 354 g/mol. The van der Waals surface area contributed by atoms with Crippen LogP contribution in [0.5, 0.6) is 5.75 Å². The Bertz CT molecular complexity index is 599. The maximum atomic E-state index is 11.9. The number of hydrogen-bond acceptors (Lipinski definition) is 3. The number of aromatic hydroxyl groups is 1. The van der Waals surface area contributed by atoms with Crippen LogP contribution in [0.25, 0.3) is 0 Å². The van der Waals surface area contributed by atoms with Crippen molar-refractivity contribution >= 4 is 39.9 Å². The largest absolute Gasteiger partial charge is 0.506 e. The SMILES string of the molecule is Nc1ccc(C(=O)Nc2cccc(I)c2)cc1O. The third-order valence-electron chi connectivity index (χ3n) is 2.38. The molecular formula is C13H11IN2O2. The summed E-state index contributed by atoms with van der Waals surface area (Å²) in [6.45, 7) is 0. The number of carbonyl (C=O) groups excluding carboxylic acids is 1. The molecule has 0 aliphatic rings. The molecule has 5 heteroatoms. The molecule has 4 nitrogen and oxygen atoms in total. The number of nitrogens with one attached hydrogen (secondary N) is 1. The summed E-state index contributed by atoms with van der Waals surface area (Å²) in [5, 5.41) is 12.2. The first-order valence-electron chi connectivity index (χ1n) is 5.21. The number of benzene rings is 2. The van der Waals surface area contributed by atoms with E-state index >= 15 is 0 Å². The lowest BCUT2D eigenvalue weighted by molar-refractivity contribution is 0.102. The van der Waals surface area contributed by atoms with Crippen molar-refractivity contribution in [2.24, 2.45) is 0 Å². The zero-order chi connectivity index (χ0) is 13.1. The molecule has 0 heterocycles. The Morgan fingerprint density at radius 1 is 1.22 bits per heavy atom. The number of hydrogen-bond donors (Lipinski definition) is 3. The molecular weight excluding hydrogens is 343 g/mol. The van der Waals surface area contributed by atoms with Crippen molar-refractivity contribution < 1.29 is 9.90 Å². The van der Waals surface area contributed by atoms with Crippen LogP contribution in [0.4, 0.5) is 11.4 Å². The first-order valence-corrected chi connectivity index (χ1v) is 6.29. The number of phenolic OH excluding ortho intramolecular Hbond substituents is 1. The van der Waals surface area contributed by atoms with E-state index in [2.05, 4.69) is 27.9 Å². The molecule has 0 aliphatic carbocycles. The van der Waals surface area contributed by atoms with Gasteiger partial charge >= 0.3 is 0 Å². The van der Waals surface area contributed by atoms with Crippen LogP contribution in [-0.2, 0) is 0 Å². The Balaban J connectivity index is 2.19. The van der Waals surface area contributed by atoms with Crippen LogP contribution in [0.15, 0.2) is 42.5 Å². The molecule has 1 amide bonds. The van der Waals surface area contributed by atoms with E-state index in [1.807, 2.05) is 18.2 Å². The number of rotatable bonds is 2. The van der Waals surface area contributed by atoms with E-state index in [-0.39, 0.29) is 17.3 Å². The second-order valence-electron chi connectivity index (χ2n) is 3.74. The molecule has 0 saturated heterocycles. The molecule has 0 radical (unpaired) electrons. The van der Waals surface area contributed by atoms with Gasteiger partial charge in [-0.2, -0.15) is 0 Å². The number of phenols is 1. The molecule has 92 valence electrons. The third kappa shape index (κ3) is 2.92. The van der Waals surface area contributed by atoms with Crippen molar-refractivity contribution in [1.82, 2.24) is 0 Å². The molecule has 0 fully saturated rings. The zero-order valence-electron chi connectivity index (χ0n) is 9.35.